The highest BCUT2D eigenvalue weighted by Crippen LogP contribution is 2.37. The molecule has 0 bridgehead atoms. The smallest absolute Gasteiger partial charge is 0.420 e. The maximum absolute atomic E-state index is 13.4. The van der Waals surface area contributed by atoms with Gasteiger partial charge in [0.1, 0.15) is 11.1 Å². The summed E-state index contributed by atoms with van der Waals surface area (Å²) in [6, 6.07) is 2.95. The maximum Gasteiger partial charge on any atom is 0.420 e. The molecular weight excluding hydrogens is 317 g/mol. The number of piperidine rings is 1. The number of aromatic nitrogens is 1. The van der Waals surface area contributed by atoms with Gasteiger partial charge in [-0.3, -0.25) is 4.90 Å². The second-order valence-electron chi connectivity index (χ2n) is 7.18. The van der Waals surface area contributed by atoms with Crippen LogP contribution in [0.3, 0.4) is 0 Å². The molecule has 1 unspecified atom stereocenters. The molecule has 1 atom stereocenters. The van der Waals surface area contributed by atoms with E-state index in [1.165, 1.54) is 12.5 Å². The zero-order valence-corrected chi connectivity index (χ0v) is 14.3. The van der Waals surface area contributed by atoms with Crippen LogP contribution in [0.2, 0.25) is 0 Å². The molecule has 1 saturated heterocycles. The highest BCUT2D eigenvalue weighted by atomic mass is 19.4. The lowest BCUT2D eigenvalue weighted by Crippen LogP contribution is -2.33. The van der Waals surface area contributed by atoms with E-state index in [1.54, 1.807) is 6.07 Å². The van der Waals surface area contributed by atoms with E-state index in [-0.39, 0.29) is 11.5 Å². The molecule has 1 aromatic carbocycles. The average Bonchev–Trinajstić information content (AvgIpc) is 2.89. The highest BCUT2D eigenvalue weighted by molar-refractivity contribution is 5.78. The summed E-state index contributed by atoms with van der Waals surface area (Å²) in [5, 5.41) is 0. The van der Waals surface area contributed by atoms with E-state index < -0.39 is 11.7 Å². The summed E-state index contributed by atoms with van der Waals surface area (Å²) >= 11 is 0. The van der Waals surface area contributed by atoms with E-state index in [0.717, 1.165) is 19.5 Å². The number of alkyl halides is 3. The van der Waals surface area contributed by atoms with Crippen LogP contribution in [0.1, 0.15) is 56.5 Å². The Morgan fingerprint density at radius 1 is 1.33 bits per heavy atom. The summed E-state index contributed by atoms with van der Waals surface area (Å²) in [6.45, 7) is 8.27. The molecule has 0 N–H and O–H groups in total. The highest BCUT2D eigenvalue weighted by Gasteiger charge is 2.35. The third-order valence-electron chi connectivity index (χ3n) is 4.51. The molecule has 1 aromatic heterocycles. The lowest BCUT2D eigenvalue weighted by Gasteiger charge is -2.30. The van der Waals surface area contributed by atoms with E-state index in [0.29, 0.717) is 29.4 Å². The molecule has 3 rings (SSSR count). The van der Waals surface area contributed by atoms with Crippen LogP contribution >= 0.6 is 0 Å². The van der Waals surface area contributed by atoms with Gasteiger partial charge in [-0.05, 0) is 43.0 Å². The fraction of sp³-hybridized carbons (Fsp3) is 0.611. The lowest BCUT2D eigenvalue weighted by atomic mass is 9.99. The Bertz CT molecular complexity index is 721. The molecule has 1 aliphatic heterocycles. The minimum atomic E-state index is -4.45. The average molecular weight is 340 g/mol. The monoisotopic (exact) mass is 340 g/mol. The van der Waals surface area contributed by atoms with Crippen molar-refractivity contribution in [1.82, 2.24) is 9.88 Å². The first-order valence-corrected chi connectivity index (χ1v) is 8.47. The van der Waals surface area contributed by atoms with Crippen LogP contribution in [0.25, 0.3) is 11.1 Å². The molecule has 0 spiro atoms. The van der Waals surface area contributed by atoms with Crippen LogP contribution in [-0.4, -0.2) is 23.0 Å². The van der Waals surface area contributed by atoms with Crippen molar-refractivity contribution in [2.45, 2.75) is 52.3 Å². The summed E-state index contributed by atoms with van der Waals surface area (Å²) in [5.74, 6) is 0.883. The first kappa shape index (κ1) is 17.3. The Morgan fingerprint density at radius 3 is 2.71 bits per heavy atom. The van der Waals surface area contributed by atoms with Gasteiger partial charge >= 0.3 is 6.18 Å². The van der Waals surface area contributed by atoms with Gasteiger partial charge in [-0.15, -0.1) is 0 Å². The molecule has 0 radical (unpaired) electrons. The number of benzene rings is 1. The Labute approximate surface area is 139 Å². The number of nitrogens with zero attached hydrogens (tertiary/aromatic N) is 2. The predicted molar refractivity (Wildman–Crippen MR) is 86.8 cm³/mol. The third kappa shape index (κ3) is 3.58. The normalized spacial score (nSPS) is 20.2. The number of halogens is 3. The summed E-state index contributed by atoms with van der Waals surface area (Å²) in [4.78, 5) is 6.49. The molecule has 6 heteroatoms. The number of rotatable bonds is 3. The molecular formula is C18H23F3N2O. The van der Waals surface area contributed by atoms with Gasteiger partial charge in [0.05, 0.1) is 0 Å². The molecule has 2 heterocycles. The number of likely N-dealkylation sites (tertiary alicyclic amines) is 1. The van der Waals surface area contributed by atoms with Crippen LogP contribution in [0.4, 0.5) is 13.2 Å². The minimum Gasteiger partial charge on any atom is -0.440 e. The van der Waals surface area contributed by atoms with E-state index in [1.807, 2.05) is 13.8 Å². The Kier molecular flexibility index (Phi) is 4.60. The Morgan fingerprint density at radius 2 is 2.08 bits per heavy atom. The van der Waals surface area contributed by atoms with Crippen molar-refractivity contribution in [2.24, 2.45) is 5.92 Å². The van der Waals surface area contributed by atoms with Crippen molar-refractivity contribution in [3.63, 3.8) is 0 Å². The molecule has 1 fully saturated rings. The van der Waals surface area contributed by atoms with E-state index >= 15 is 0 Å². The van der Waals surface area contributed by atoms with Crippen LogP contribution < -0.4 is 0 Å². The topological polar surface area (TPSA) is 29.3 Å². The summed E-state index contributed by atoms with van der Waals surface area (Å²) in [5.41, 5.74) is 0.0718. The van der Waals surface area contributed by atoms with Crippen LogP contribution in [0.5, 0.6) is 0 Å². The summed E-state index contributed by atoms with van der Waals surface area (Å²) in [6.07, 6.45) is -2.17. The van der Waals surface area contributed by atoms with Crippen molar-refractivity contribution < 1.29 is 17.6 Å². The zero-order chi connectivity index (χ0) is 17.5. The number of fused-ring (bicyclic) bond motifs is 1. The van der Waals surface area contributed by atoms with Crippen LogP contribution in [0.15, 0.2) is 16.5 Å². The first-order chi connectivity index (χ1) is 11.2. The molecule has 0 saturated carbocycles. The minimum absolute atomic E-state index is 0.0510. The third-order valence-corrected chi connectivity index (χ3v) is 4.51. The van der Waals surface area contributed by atoms with Crippen molar-refractivity contribution in [1.29, 1.82) is 0 Å². The van der Waals surface area contributed by atoms with Crippen molar-refractivity contribution >= 4 is 11.1 Å². The SMILES string of the molecule is CC1CCCN(Cc2cc(C(F)(F)F)c3oc(C(C)C)nc3c2)C1. The fourth-order valence-corrected chi connectivity index (χ4v) is 3.35. The Hall–Kier alpha value is -1.56. The van der Waals surface area contributed by atoms with Crippen LogP contribution in [-0.2, 0) is 12.7 Å². The summed E-state index contributed by atoms with van der Waals surface area (Å²) < 4.78 is 45.7. The van der Waals surface area contributed by atoms with Gasteiger partial charge in [0.15, 0.2) is 11.5 Å². The fourth-order valence-electron chi connectivity index (χ4n) is 3.35. The van der Waals surface area contributed by atoms with Gasteiger partial charge in [-0.1, -0.05) is 20.8 Å². The second kappa shape index (κ2) is 6.39. The molecule has 1 aliphatic rings. The van der Waals surface area contributed by atoms with Crippen molar-refractivity contribution in [3.8, 4) is 0 Å². The molecule has 2 aromatic rings. The van der Waals surface area contributed by atoms with Gasteiger partial charge in [0, 0.05) is 19.0 Å². The molecule has 132 valence electrons. The quantitative estimate of drug-likeness (QED) is 0.769. The number of oxazole rings is 1. The zero-order valence-electron chi connectivity index (χ0n) is 14.3. The van der Waals surface area contributed by atoms with Crippen LogP contribution in [0, 0.1) is 5.92 Å². The summed E-state index contributed by atoms with van der Waals surface area (Å²) in [7, 11) is 0. The largest absolute Gasteiger partial charge is 0.440 e. The number of hydrogen-bond acceptors (Lipinski definition) is 3. The van der Waals surface area contributed by atoms with Crippen molar-refractivity contribution in [3.05, 3.63) is 29.2 Å². The van der Waals surface area contributed by atoms with E-state index in [9.17, 15) is 13.2 Å². The first-order valence-electron chi connectivity index (χ1n) is 8.47. The van der Waals surface area contributed by atoms with Gasteiger partial charge in [-0.25, -0.2) is 4.98 Å². The van der Waals surface area contributed by atoms with Gasteiger partial charge in [0.25, 0.3) is 0 Å². The van der Waals surface area contributed by atoms with Crippen molar-refractivity contribution in [2.75, 3.05) is 13.1 Å². The maximum atomic E-state index is 13.4. The Balaban J connectivity index is 1.99. The number of hydrogen-bond donors (Lipinski definition) is 0. The van der Waals surface area contributed by atoms with E-state index in [4.69, 9.17) is 4.42 Å². The van der Waals surface area contributed by atoms with Gasteiger partial charge < -0.3 is 4.42 Å². The molecule has 0 aliphatic carbocycles. The lowest BCUT2D eigenvalue weighted by molar-refractivity contribution is -0.136. The molecule has 24 heavy (non-hydrogen) atoms. The van der Waals surface area contributed by atoms with Gasteiger partial charge in [0.2, 0.25) is 0 Å². The molecule has 3 nitrogen and oxygen atoms in total. The molecule has 0 amide bonds. The standard InChI is InChI=1S/C18H23F3N2O/c1-11(2)17-22-15-8-13(10-23-6-4-5-12(3)9-23)7-14(16(15)24-17)18(19,20)21/h7-8,11-12H,4-6,9-10H2,1-3H3. The second-order valence-corrected chi connectivity index (χ2v) is 7.18. The predicted octanol–water partition coefficient (Wildman–Crippen LogP) is 5.20. The van der Waals surface area contributed by atoms with E-state index in [2.05, 4.69) is 16.8 Å². The van der Waals surface area contributed by atoms with Gasteiger partial charge in [-0.2, -0.15) is 13.2 Å².